The van der Waals surface area contributed by atoms with Crippen molar-refractivity contribution in [3.8, 4) is 10.4 Å². The summed E-state index contributed by atoms with van der Waals surface area (Å²) >= 11 is 1.39. The summed E-state index contributed by atoms with van der Waals surface area (Å²) in [5.74, 6) is -0.708. The Hall–Kier alpha value is -2.57. The van der Waals surface area contributed by atoms with Crippen LogP contribution in [0.5, 0.6) is 0 Å². The predicted octanol–water partition coefficient (Wildman–Crippen LogP) is 5.22. The Kier molecular flexibility index (Phi) is 5.24. The Morgan fingerprint density at radius 1 is 1.14 bits per heavy atom. The van der Waals surface area contributed by atoms with Gasteiger partial charge >= 0.3 is 0 Å². The van der Waals surface area contributed by atoms with Gasteiger partial charge in [-0.2, -0.15) is 0 Å². The van der Waals surface area contributed by atoms with Gasteiger partial charge < -0.3 is 9.64 Å². The molecule has 28 heavy (non-hydrogen) atoms. The lowest BCUT2D eigenvalue weighted by molar-refractivity contribution is -0.0241. The first-order chi connectivity index (χ1) is 13.5. The molecule has 2 aromatic carbocycles. The number of morpholine rings is 1. The molecule has 144 valence electrons. The molecular weight excluding hydrogens is 380 g/mol. The number of nitrogens with zero attached hydrogens (tertiary/aromatic N) is 1. The number of thiophene rings is 1. The maximum Gasteiger partial charge on any atom is 0.264 e. The highest BCUT2D eigenvalue weighted by Gasteiger charge is 2.28. The van der Waals surface area contributed by atoms with Crippen LogP contribution in [0.25, 0.3) is 10.4 Å². The van der Waals surface area contributed by atoms with E-state index in [0.29, 0.717) is 30.1 Å². The van der Waals surface area contributed by atoms with Crippen LogP contribution < -0.4 is 0 Å². The van der Waals surface area contributed by atoms with Crippen LogP contribution in [0.1, 0.15) is 26.9 Å². The fourth-order valence-electron chi connectivity index (χ4n) is 3.39. The standard InChI is InChI=1S/C22H19F2NO2S/c1-14-12-20(28-21(14)15-6-8-16(23)9-7-15)22(26)25-10-11-27-19(13-25)17-4-2-3-5-18(17)24/h2-9,12,19H,10-11,13H2,1H3. The molecule has 4 rings (SSSR count). The predicted molar refractivity (Wildman–Crippen MR) is 105 cm³/mol. The van der Waals surface area contributed by atoms with E-state index in [2.05, 4.69) is 0 Å². The lowest BCUT2D eigenvalue weighted by Crippen LogP contribution is -2.42. The fourth-order valence-corrected chi connectivity index (χ4v) is 4.54. The number of rotatable bonds is 3. The summed E-state index contributed by atoms with van der Waals surface area (Å²) in [4.78, 5) is 16.3. The quantitative estimate of drug-likeness (QED) is 0.605. The Balaban J connectivity index is 1.55. The molecule has 0 N–H and O–H groups in total. The van der Waals surface area contributed by atoms with E-state index in [9.17, 15) is 13.6 Å². The fraction of sp³-hybridized carbons (Fsp3) is 0.227. The maximum atomic E-state index is 14.1. The van der Waals surface area contributed by atoms with Crippen LogP contribution >= 0.6 is 11.3 Å². The van der Waals surface area contributed by atoms with Crippen molar-refractivity contribution in [1.82, 2.24) is 4.90 Å². The number of ether oxygens (including phenoxy) is 1. The van der Waals surface area contributed by atoms with Gasteiger partial charge in [0.2, 0.25) is 0 Å². The normalized spacial score (nSPS) is 17.0. The molecule has 0 saturated carbocycles. The van der Waals surface area contributed by atoms with E-state index in [1.807, 2.05) is 13.0 Å². The van der Waals surface area contributed by atoms with Crippen LogP contribution in [0.15, 0.2) is 54.6 Å². The van der Waals surface area contributed by atoms with Crippen molar-refractivity contribution < 1.29 is 18.3 Å². The van der Waals surface area contributed by atoms with Crippen molar-refractivity contribution in [3.05, 3.63) is 82.2 Å². The second-order valence-corrected chi connectivity index (χ2v) is 7.81. The van der Waals surface area contributed by atoms with Gasteiger partial charge in [-0.25, -0.2) is 8.78 Å². The molecule has 1 amide bonds. The van der Waals surface area contributed by atoms with Gasteiger partial charge in [-0.05, 0) is 42.3 Å². The Bertz CT molecular complexity index is 1000. The van der Waals surface area contributed by atoms with Crippen molar-refractivity contribution in [3.63, 3.8) is 0 Å². The zero-order valence-electron chi connectivity index (χ0n) is 15.3. The summed E-state index contributed by atoms with van der Waals surface area (Å²) in [6, 6.07) is 14.6. The van der Waals surface area contributed by atoms with E-state index in [1.54, 1.807) is 35.2 Å². The van der Waals surface area contributed by atoms with Gasteiger partial charge in [0.05, 0.1) is 18.0 Å². The molecule has 1 aliphatic rings. The van der Waals surface area contributed by atoms with E-state index >= 15 is 0 Å². The minimum absolute atomic E-state index is 0.0916. The highest BCUT2D eigenvalue weighted by Crippen LogP contribution is 2.34. The molecule has 0 aliphatic carbocycles. The van der Waals surface area contributed by atoms with E-state index in [1.165, 1.54) is 29.5 Å². The molecule has 1 unspecified atom stereocenters. The number of amides is 1. The van der Waals surface area contributed by atoms with Crippen LogP contribution in [-0.2, 0) is 4.74 Å². The largest absolute Gasteiger partial charge is 0.370 e. The lowest BCUT2D eigenvalue weighted by atomic mass is 10.1. The van der Waals surface area contributed by atoms with Crippen molar-refractivity contribution in [1.29, 1.82) is 0 Å². The SMILES string of the molecule is Cc1cc(C(=O)N2CCOC(c3ccccc3F)C2)sc1-c1ccc(F)cc1. The topological polar surface area (TPSA) is 29.5 Å². The average molecular weight is 399 g/mol. The molecule has 1 fully saturated rings. The molecule has 0 spiro atoms. The zero-order valence-corrected chi connectivity index (χ0v) is 16.1. The minimum atomic E-state index is -0.475. The third-order valence-electron chi connectivity index (χ3n) is 4.84. The van der Waals surface area contributed by atoms with Crippen molar-refractivity contribution in [2.24, 2.45) is 0 Å². The summed E-state index contributed by atoms with van der Waals surface area (Å²) in [5.41, 5.74) is 2.32. The lowest BCUT2D eigenvalue weighted by Gasteiger charge is -2.33. The first-order valence-corrected chi connectivity index (χ1v) is 9.86. The summed E-state index contributed by atoms with van der Waals surface area (Å²) in [6.07, 6.45) is -0.475. The second kappa shape index (κ2) is 7.81. The van der Waals surface area contributed by atoms with E-state index < -0.39 is 6.10 Å². The molecule has 1 aromatic heterocycles. The number of hydrogen-bond donors (Lipinski definition) is 0. The highest BCUT2D eigenvalue weighted by molar-refractivity contribution is 7.17. The molecule has 3 nitrogen and oxygen atoms in total. The van der Waals surface area contributed by atoms with Gasteiger partial charge in [-0.1, -0.05) is 30.3 Å². The molecule has 2 heterocycles. The smallest absolute Gasteiger partial charge is 0.264 e. The monoisotopic (exact) mass is 399 g/mol. The molecule has 6 heteroatoms. The number of aryl methyl sites for hydroxylation is 1. The summed E-state index contributed by atoms with van der Waals surface area (Å²) in [6.45, 7) is 3.07. The molecular formula is C22H19F2NO2S. The van der Waals surface area contributed by atoms with Crippen LogP contribution in [0.4, 0.5) is 8.78 Å². The third kappa shape index (κ3) is 3.70. The second-order valence-electron chi connectivity index (χ2n) is 6.76. The molecule has 0 bridgehead atoms. The van der Waals surface area contributed by atoms with Crippen molar-refractivity contribution in [2.45, 2.75) is 13.0 Å². The number of carbonyl (C=O) groups excluding carboxylic acids is 1. The summed E-state index contributed by atoms with van der Waals surface area (Å²) in [7, 11) is 0. The Morgan fingerprint density at radius 3 is 2.64 bits per heavy atom. The van der Waals surface area contributed by atoms with Crippen LogP contribution in [-0.4, -0.2) is 30.5 Å². The van der Waals surface area contributed by atoms with Crippen molar-refractivity contribution >= 4 is 17.2 Å². The van der Waals surface area contributed by atoms with Crippen LogP contribution in [0, 0.1) is 18.6 Å². The summed E-state index contributed by atoms with van der Waals surface area (Å²) in [5, 5.41) is 0. The molecule has 0 radical (unpaired) electrons. The van der Waals surface area contributed by atoms with Crippen molar-refractivity contribution in [2.75, 3.05) is 19.7 Å². The number of halogens is 2. The number of carbonyl (C=O) groups is 1. The first-order valence-electron chi connectivity index (χ1n) is 9.04. The molecule has 1 aliphatic heterocycles. The summed E-state index contributed by atoms with van der Waals surface area (Å²) < 4.78 is 33.0. The zero-order chi connectivity index (χ0) is 19.7. The molecule has 1 atom stereocenters. The van der Waals surface area contributed by atoms with Gasteiger partial charge in [0.25, 0.3) is 5.91 Å². The third-order valence-corrected chi connectivity index (χ3v) is 6.11. The minimum Gasteiger partial charge on any atom is -0.370 e. The average Bonchev–Trinajstić information content (AvgIpc) is 3.10. The Labute approximate surface area is 166 Å². The van der Waals surface area contributed by atoms with E-state index in [-0.39, 0.29) is 17.5 Å². The Morgan fingerprint density at radius 2 is 1.89 bits per heavy atom. The van der Waals surface area contributed by atoms with Gasteiger partial charge in [0, 0.05) is 17.0 Å². The number of benzene rings is 2. The first kappa shape index (κ1) is 18.8. The van der Waals surface area contributed by atoms with E-state index in [0.717, 1.165) is 16.0 Å². The molecule has 3 aromatic rings. The van der Waals surface area contributed by atoms with Gasteiger partial charge in [0.1, 0.15) is 17.7 Å². The maximum absolute atomic E-state index is 14.1. The van der Waals surface area contributed by atoms with Crippen LogP contribution in [0.2, 0.25) is 0 Å². The van der Waals surface area contributed by atoms with Crippen LogP contribution in [0.3, 0.4) is 0 Å². The molecule has 1 saturated heterocycles. The van der Waals surface area contributed by atoms with E-state index in [4.69, 9.17) is 4.74 Å². The van der Waals surface area contributed by atoms with Gasteiger partial charge in [-0.3, -0.25) is 4.79 Å². The van der Waals surface area contributed by atoms with Gasteiger partial charge in [-0.15, -0.1) is 11.3 Å². The number of hydrogen-bond acceptors (Lipinski definition) is 3. The van der Waals surface area contributed by atoms with Gasteiger partial charge in [0.15, 0.2) is 0 Å². The highest BCUT2D eigenvalue weighted by atomic mass is 32.1.